The summed E-state index contributed by atoms with van der Waals surface area (Å²) in [6, 6.07) is 7.86. The Hall–Kier alpha value is 0.940. The lowest BCUT2D eigenvalue weighted by atomic mass is 10.1. The highest BCUT2D eigenvalue weighted by molar-refractivity contribution is 9.13. The van der Waals surface area contributed by atoms with Gasteiger partial charge in [0.05, 0.1) is 18.7 Å². The number of hydrogen-bond acceptors (Lipinski definition) is 1. The van der Waals surface area contributed by atoms with Gasteiger partial charge in [0.25, 0.3) is 0 Å². The van der Waals surface area contributed by atoms with Gasteiger partial charge in [0.1, 0.15) is 0 Å². The molecule has 0 aliphatic carbocycles. The van der Waals surface area contributed by atoms with Crippen molar-refractivity contribution in [3.8, 4) is 0 Å². The van der Waals surface area contributed by atoms with Crippen molar-refractivity contribution in [2.24, 2.45) is 0 Å². The molecule has 0 nitrogen and oxygen atoms in total. The van der Waals surface area contributed by atoms with Crippen LogP contribution in [0.1, 0.15) is 15.3 Å². The molecule has 0 aliphatic heterocycles. The Labute approximate surface area is 145 Å². The molecule has 0 fully saturated rings. The smallest absolute Gasteiger partial charge is 0.0843 e. The van der Waals surface area contributed by atoms with Gasteiger partial charge in [-0.15, -0.1) is 11.3 Å². The summed E-state index contributed by atoms with van der Waals surface area (Å²) < 4.78 is 2.19. The minimum atomic E-state index is 0.266. The van der Waals surface area contributed by atoms with Crippen molar-refractivity contribution < 1.29 is 0 Å². The van der Waals surface area contributed by atoms with E-state index in [4.69, 9.17) is 23.2 Å². The Morgan fingerprint density at radius 2 is 1.83 bits per heavy atom. The van der Waals surface area contributed by atoms with Gasteiger partial charge in [0.15, 0.2) is 0 Å². The number of thiophene rings is 1. The van der Waals surface area contributed by atoms with Crippen molar-refractivity contribution in [1.29, 1.82) is 0 Å². The van der Waals surface area contributed by atoms with Crippen LogP contribution in [0.2, 0.25) is 10.0 Å². The van der Waals surface area contributed by atoms with Gasteiger partial charge < -0.3 is 0 Å². The fraction of sp³-hybridized carbons (Fsp3) is 0.167. The quantitative estimate of drug-likeness (QED) is 0.395. The van der Waals surface area contributed by atoms with Gasteiger partial charge in [0, 0.05) is 9.35 Å². The minimum Gasteiger partial charge on any atom is -0.131 e. The summed E-state index contributed by atoms with van der Waals surface area (Å²) in [4.78, 5) is 1.53. The van der Waals surface area contributed by atoms with Gasteiger partial charge in [-0.3, -0.25) is 0 Å². The Balaban J connectivity index is 2.15. The van der Waals surface area contributed by atoms with E-state index in [1.165, 1.54) is 4.88 Å². The molecule has 0 saturated carbocycles. The molecule has 0 spiro atoms. The average Bonchev–Trinajstić information content (AvgIpc) is 2.65. The summed E-state index contributed by atoms with van der Waals surface area (Å²) in [5, 5.41) is 1.19. The van der Waals surface area contributed by atoms with E-state index in [0.717, 1.165) is 20.2 Å². The van der Waals surface area contributed by atoms with E-state index in [9.17, 15) is 0 Å². The Morgan fingerprint density at radius 3 is 2.39 bits per heavy atom. The predicted octanol–water partition coefficient (Wildman–Crippen LogP) is 7.26. The topological polar surface area (TPSA) is 0 Å². The highest BCUT2D eigenvalue weighted by atomic mass is 79.9. The molecule has 0 saturated heterocycles. The molecular weight excluding hydrogens is 487 g/mol. The van der Waals surface area contributed by atoms with Gasteiger partial charge in [-0.2, -0.15) is 0 Å². The molecular formula is C12H7Br3Cl2S. The molecule has 0 radical (unpaired) electrons. The standard InChI is InChI=1S/C12H7Br3Cl2S/c13-7(11-5-8(14)12(15)18-11)3-6-1-2-9(16)10(17)4-6/h1-2,4-5,7H,3H2. The maximum atomic E-state index is 6.01. The third kappa shape index (κ3) is 3.74. The van der Waals surface area contributed by atoms with Gasteiger partial charge in [-0.25, -0.2) is 0 Å². The summed E-state index contributed by atoms with van der Waals surface area (Å²) in [7, 11) is 0. The van der Waals surface area contributed by atoms with Gasteiger partial charge in [0.2, 0.25) is 0 Å². The van der Waals surface area contributed by atoms with E-state index in [0.29, 0.717) is 10.0 Å². The molecule has 1 heterocycles. The van der Waals surface area contributed by atoms with Crippen molar-refractivity contribution in [1.82, 2.24) is 0 Å². The second kappa shape index (κ2) is 6.59. The third-order valence-corrected chi connectivity index (χ3v) is 7.60. The predicted molar refractivity (Wildman–Crippen MR) is 91.6 cm³/mol. The molecule has 1 aromatic heterocycles. The molecule has 2 aromatic rings. The summed E-state index contributed by atoms with van der Waals surface area (Å²) >= 11 is 24.3. The zero-order valence-corrected chi connectivity index (χ0v) is 16.0. The lowest BCUT2D eigenvalue weighted by Crippen LogP contribution is -1.92. The van der Waals surface area contributed by atoms with Gasteiger partial charge in [-0.05, 0) is 62.0 Å². The molecule has 1 unspecified atom stereocenters. The largest absolute Gasteiger partial charge is 0.131 e. The summed E-state index contributed by atoms with van der Waals surface area (Å²) in [6.45, 7) is 0. The van der Waals surface area contributed by atoms with Crippen molar-refractivity contribution in [3.63, 3.8) is 0 Å². The lowest BCUT2D eigenvalue weighted by Gasteiger charge is -2.08. The molecule has 1 atom stereocenters. The van der Waals surface area contributed by atoms with E-state index in [1.54, 1.807) is 11.3 Å². The van der Waals surface area contributed by atoms with Crippen LogP contribution in [0.3, 0.4) is 0 Å². The van der Waals surface area contributed by atoms with Crippen LogP contribution in [-0.2, 0) is 6.42 Å². The SMILES string of the molecule is Clc1ccc(CC(Br)c2cc(Br)c(Br)s2)cc1Cl. The van der Waals surface area contributed by atoms with E-state index >= 15 is 0 Å². The number of rotatable bonds is 3. The first kappa shape index (κ1) is 15.3. The van der Waals surface area contributed by atoms with Crippen LogP contribution in [0, 0.1) is 0 Å². The molecule has 0 N–H and O–H groups in total. The Kier molecular flexibility index (Phi) is 5.62. The van der Waals surface area contributed by atoms with Crippen LogP contribution < -0.4 is 0 Å². The van der Waals surface area contributed by atoms with E-state index in [2.05, 4.69) is 53.9 Å². The summed E-state index contributed by atoms with van der Waals surface area (Å²) in [5.74, 6) is 0. The van der Waals surface area contributed by atoms with E-state index < -0.39 is 0 Å². The van der Waals surface area contributed by atoms with Crippen LogP contribution in [-0.4, -0.2) is 0 Å². The Bertz CT molecular complexity index is 549. The van der Waals surface area contributed by atoms with Crippen LogP contribution in [0.4, 0.5) is 0 Å². The zero-order chi connectivity index (χ0) is 13.3. The number of alkyl halides is 1. The van der Waals surface area contributed by atoms with Crippen molar-refractivity contribution >= 4 is 82.3 Å². The van der Waals surface area contributed by atoms with Crippen molar-refractivity contribution in [2.75, 3.05) is 0 Å². The minimum absolute atomic E-state index is 0.266. The molecule has 0 aliphatic rings. The van der Waals surface area contributed by atoms with Crippen LogP contribution in [0.5, 0.6) is 0 Å². The fourth-order valence-electron chi connectivity index (χ4n) is 1.49. The molecule has 6 heteroatoms. The first-order valence-electron chi connectivity index (χ1n) is 5.00. The van der Waals surface area contributed by atoms with Crippen molar-refractivity contribution in [2.45, 2.75) is 11.2 Å². The van der Waals surface area contributed by atoms with Crippen LogP contribution in [0.25, 0.3) is 0 Å². The molecule has 0 amide bonds. The molecule has 1 aromatic carbocycles. The number of halogens is 5. The van der Waals surface area contributed by atoms with Crippen molar-refractivity contribution in [3.05, 3.63) is 53.0 Å². The molecule has 18 heavy (non-hydrogen) atoms. The lowest BCUT2D eigenvalue weighted by molar-refractivity contribution is 0.969. The van der Waals surface area contributed by atoms with Gasteiger partial charge in [-0.1, -0.05) is 45.2 Å². The fourth-order valence-corrected chi connectivity index (χ4v) is 4.67. The highest BCUT2D eigenvalue weighted by Gasteiger charge is 2.14. The maximum Gasteiger partial charge on any atom is 0.0843 e. The highest BCUT2D eigenvalue weighted by Crippen LogP contribution is 2.40. The first-order valence-corrected chi connectivity index (χ1v) is 9.07. The first-order chi connectivity index (χ1) is 8.47. The van der Waals surface area contributed by atoms with E-state index in [1.807, 2.05) is 18.2 Å². The third-order valence-electron chi connectivity index (χ3n) is 2.37. The number of hydrogen-bond donors (Lipinski definition) is 0. The summed E-state index contributed by atoms with van der Waals surface area (Å²) in [6.07, 6.45) is 0.871. The zero-order valence-electron chi connectivity index (χ0n) is 8.89. The normalized spacial score (nSPS) is 12.7. The molecule has 96 valence electrons. The Morgan fingerprint density at radius 1 is 1.11 bits per heavy atom. The van der Waals surface area contributed by atoms with Crippen LogP contribution in [0.15, 0.2) is 32.5 Å². The van der Waals surface area contributed by atoms with Crippen LogP contribution >= 0.6 is 82.3 Å². The average molecular weight is 494 g/mol. The number of benzene rings is 1. The van der Waals surface area contributed by atoms with Gasteiger partial charge >= 0.3 is 0 Å². The second-order valence-corrected chi connectivity index (χ2v) is 8.87. The molecule has 2 rings (SSSR count). The maximum absolute atomic E-state index is 6.01. The van der Waals surface area contributed by atoms with E-state index in [-0.39, 0.29) is 4.83 Å². The molecule has 0 bridgehead atoms. The second-order valence-electron chi connectivity index (χ2n) is 3.69. The summed E-state index contributed by atoms with van der Waals surface area (Å²) in [5.41, 5.74) is 1.16. The monoisotopic (exact) mass is 490 g/mol.